The zero-order valence-electron chi connectivity index (χ0n) is 12.6. The molecule has 0 fully saturated rings. The topological polar surface area (TPSA) is 66.5 Å². The predicted octanol–water partition coefficient (Wildman–Crippen LogP) is 2.85. The van der Waals surface area contributed by atoms with Crippen molar-refractivity contribution in [1.29, 1.82) is 0 Å². The Labute approximate surface area is 144 Å². The lowest BCUT2D eigenvalue weighted by Gasteiger charge is -2.19. The van der Waals surface area contributed by atoms with Crippen LogP contribution >= 0.6 is 15.9 Å². The van der Waals surface area contributed by atoms with Crippen LogP contribution < -0.4 is 5.32 Å². The van der Waals surface area contributed by atoms with Crippen molar-refractivity contribution < 1.29 is 13.2 Å². The van der Waals surface area contributed by atoms with Crippen molar-refractivity contribution in [1.82, 2.24) is 4.31 Å². The molecule has 0 bridgehead atoms. The number of carbonyl (C=O) groups excluding carboxylic acids is 1. The van der Waals surface area contributed by atoms with Crippen LogP contribution in [-0.4, -0.2) is 31.4 Å². The van der Waals surface area contributed by atoms with Gasteiger partial charge in [-0.05, 0) is 29.8 Å². The van der Waals surface area contributed by atoms with E-state index in [1.165, 1.54) is 0 Å². The van der Waals surface area contributed by atoms with Crippen LogP contribution in [0, 0.1) is 0 Å². The highest BCUT2D eigenvalue weighted by Crippen LogP contribution is 2.14. The van der Waals surface area contributed by atoms with E-state index in [2.05, 4.69) is 21.2 Å². The van der Waals surface area contributed by atoms with E-state index < -0.39 is 10.0 Å². The standard InChI is InChI=1S/C16H17BrN2O3S/c1-23(21,22)19(11-13-5-3-2-4-6-13)12-16(20)18-15-9-7-14(17)8-10-15/h2-10H,11-12H2,1H3,(H,18,20). The Morgan fingerprint density at radius 3 is 2.26 bits per heavy atom. The van der Waals surface area contributed by atoms with Crippen molar-refractivity contribution in [2.45, 2.75) is 6.54 Å². The molecule has 23 heavy (non-hydrogen) atoms. The summed E-state index contributed by atoms with van der Waals surface area (Å²) in [4.78, 5) is 12.1. The maximum Gasteiger partial charge on any atom is 0.239 e. The molecular weight excluding hydrogens is 380 g/mol. The average molecular weight is 397 g/mol. The Hall–Kier alpha value is -1.70. The molecule has 2 rings (SSSR count). The molecule has 1 N–H and O–H groups in total. The summed E-state index contributed by atoms with van der Waals surface area (Å²) < 4.78 is 25.9. The van der Waals surface area contributed by atoms with Gasteiger partial charge in [0, 0.05) is 16.7 Å². The molecule has 0 aliphatic heterocycles. The van der Waals surface area contributed by atoms with E-state index in [0.29, 0.717) is 5.69 Å². The van der Waals surface area contributed by atoms with Gasteiger partial charge in [-0.25, -0.2) is 8.42 Å². The summed E-state index contributed by atoms with van der Waals surface area (Å²) in [6, 6.07) is 16.2. The van der Waals surface area contributed by atoms with Gasteiger partial charge < -0.3 is 5.32 Å². The Kier molecular flexibility index (Phi) is 5.92. The number of benzene rings is 2. The minimum absolute atomic E-state index is 0.160. The monoisotopic (exact) mass is 396 g/mol. The molecule has 0 saturated carbocycles. The van der Waals surface area contributed by atoms with Crippen molar-refractivity contribution >= 4 is 37.5 Å². The molecule has 0 aliphatic rings. The maximum absolute atomic E-state index is 12.1. The van der Waals surface area contributed by atoms with E-state index in [0.717, 1.165) is 20.6 Å². The molecule has 0 aliphatic carbocycles. The minimum Gasteiger partial charge on any atom is -0.325 e. The van der Waals surface area contributed by atoms with Crippen LogP contribution in [0.4, 0.5) is 5.69 Å². The van der Waals surface area contributed by atoms with Gasteiger partial charge in [0.1, 0.15) is 0 Å². The number of hydrogen-bond acceptors (Lipinski definition) is 3. The van der Waals surface area contributed by atoms with E-state index >= 15 is 0 Å². The third-order valence-corrected chi connectivity index (χ3v) is 4.84. The zero-order chi connectivity index (χ0) is 16.9. The first-order chi connectivity index (χ1) is 10.8. The highest BCUT2D eigenvalue weighted by atomic mass is 79.9. The summed E-state index contributed by atoms with van der Waals surface area (Å²) in [5.41, 5.74) is 1.45. The highest BCUT2D eigenvalue weighted by Gasteiger charge is 2.20. The maximum atomic E-state index is 12.1. The number of carbonyl (C=O) groups is 1. The first-order valence-corrected chi connectivity index (χ1v) is 9.53. The van der Waals surface area contributed by atoms with Gasteiger partial charge in [-0.2, -0.15) is 4.31 Å². The molecule has 0 saturated heterocycles. The second-order valence-electron chi connectivity index (χ2n) is 5.07. The smallest absolute Gasteiger partial charge is 0.239 e. The van der Waals surface area contributed by atoms with Gasteiger partial charge in [0.25, 0.3) is 0 Å². The van der Waals surface area contributed by atoms with E-state index in [1.54, 1.807) is 24.3 Å². The van der Waals surface area contributed by atoms with Gasteiger partial charge in [0.05, 0.1) is 12.8 Å². The third-order valence-electron chi connectivity index (χ3n) is 3.12. The second-order valence-corrected chi connectivity index (χ2v) is 7.97. The highest BCUT2D eigenvalue weighted by molar-refractivity contribution is 9.10. The van der Waals surface area contributed by atoms with Crippen molar-refractivity contribution in [3.05, 3.63) is 64.6 Å². The average Bonchev–Trinajstić information content (AvgIpc) is 2.49. The SMILES string of the molecule is CS(=O)(=O)N(CC(=O)Nc1ccc(Br)cc1)Cc1ccccc1. The summed E-state index contributed by atoms with van der Waals surface area (Å²) in [5, 5.41) is 2.69. The van der Waals surface area contributed by atoms with Crippen molar-refractivity contribution in [3.63, 3.8) is 0 Å². The Balaban J connectivity index is 2.05. The van der Waals surface area contributed by atoms with E-state index in [1.807, 2.05) is 30.3 Å². The van der Waals surface area contributed by atoms with E-state index in [4.69, 9.17) is 0 Å². The van der Waals surface area contributed by atoms with Gasteiger partial charge in [-0.15, -0.1) is 0 Å². The van der Waals surface area contributed by atoms with Crippen LogP contribution in [0.25, 0.3) is 0 Å². The molecule has 0 unspecified atom stereocenters. The van der Waals surface area contributed by atoms with Crippen molar-refractivity contribution in [3.8, 4) is 0 Å². The number of nitrogens with zero attached hydrogens (tertiary/aromatic N) is 1. The van der Waals surface area contributed by atoms with Crippen molar-refractivity contribution in [2.24, 2.45) is 0 Å². The number of sulfonamides is 1. The Bertz CT molecular complexity index is 762. The molecule has 0 aromatic heterocycles. The quantitative estimate of drug-likeness (QED) is 0.815. The molecule has 2 aromatic carbocycles. The normalized spacial score (nSPS) is 11.4. The lowest BCUT2D eigenvalue weighted by atomic mass is 10.2. The van der Waals surface area contributed by atoms with Gasteiger partial charge >= 0.3 is 0 Å². The number of amides is 1. The fraction of sp³-hybridized carbons (Fsp3) is 0.188. The fourth-order valence-electron chi connectivity index (χ4n) is 1.97. The first-order valence-electron chi connectivity index (χ1n) is 6.89. The van der Waals surface area contributed by atoms with Crippen molar-refractivity contribution in [2.75, 3.05) is 18.1 Å². The summed E-state index contributed by atoms with van der Waals surface area (Å²) in [6.07, 6.45) is 1.10. The molecular formula is C16H17BrN2O3S. The molecule has 0 heterocycles. The Morgan fingerprint density at radius 1 is 1.09 bits per heavy atom. The lowest BCUT2D eigenvalue weighted by molar-refractivity contribution is -0.116. The van der Waals surface area contributed by atoms with Crippen LogP contribution in [0.15, 0.2) is 59.1 Å². The molecule has 5 nitrogen and oxygen atoms in total. The molecule has 122 valence electrons. The molecule has 0 radical (unpaired) electrons. The largest absolute Gasteiger partial charge is 0.325 e. The summed E-state index contributed by atoms with van der Waals surface area (Å²) >= 11 is 3.31. The first kappa shape index (κ1) is 17.7. The van der Waals surface area contributed by atoms with Gasteiger partial charge in [-0.3, -0.25) is 4.79 Å². The summed E-state index contributed by atoms with van der Waals surface area (Å²) in [5.74, 6) is -0.381. The Morgan fingerprint density at radius 2 is 1.70 bits per heavy atom. The summed E-state index contributed by atoms with van der Waals surface area (Å²) in [6.45, 7) is -0.0722. The number of rotatable bonds is 6. The lowest BCUT2D eigenvalue weighted by Crippen LogP contribution is -2.36. The molecule has 2 aromatic rings. The van der Waals surface area contributed by atoms with Gasteiger partial charge in [0.15, 0.2) is 0 Å². The van der Waals surface area contributed by atoms with Crippen LogP contribution in [0.1, 0.15) is 5.56 Å². The minimum atomic E-state index is -3.49. The molecule has 1 amide bonds. The van der Waals surface area contributed by atoms with E-state index in [9.17, 15) is 13.2 Å². The molecule has 7 heteroatoms. The number of hydrogen-bond donors (Lipinski definition) is 1. The van der Waals surface area contributed by atoms with Crippen LogP contribution in [-0.2, 0) is 21.4 Å². The number of halogens is 1. The molecule has 0 atom stereocenters. The molecule has 0 spiro atoms. The fourth-order valence-corrected chi connectivity index (χ4v) is 2.97. The third kappa shape index (κ3) is 5.78. The number of anilines is 1. The van der Waals surface area contributed by atoms with Crippen LogP contribution in [0.2, 0.25) is 0 Å². The van der Waals surface area contributed by atoms with Gasteiger partial charge in [-0.1, -0.05) is 46.3 Å². The van der Waals surface area contributed by atoms with Crippen LogP contribution in [0.5, 0.6) is 0 Å². The number of nitrogens with one attached hydrogen (secondary N) is 1. The second kappa shape index (κ2) is 7.72. The predicted molar refractivity (Wildman–Crippen MR) is 94.5 cm³/mol. The van der Waals surface area contributed by atoms with Crippen LogP contribution in [0.3, 0.4) is 0 Å². The summed E-state index contributed by atoms with van der Waals surface area (Å²) in [7, 11) is -3.49. The van der Waals surface area contributed by atoms with E-state index in [-0.39, 0.29) is 19.0 Å². The van der Waals surface area contributed by atoms with Gasteiger partial charge in [0.2, 0.25) is 15.9 Å². The zero-order valence-corrected chi connectivity index (χ0v) is 15.0.